The maximum Gasteiger partial charge on any atom is 0.410 e. The molecule has 0 spiro atoms. The van der Waals surface area contributed by atoms with Crippen LogP contribution in [-0.2, 0) is 11.3 Å². The molecule has 1 aromatic heterocycles. The van der Waals surface area contributed by atoms with Gasteiger partial charge in [-0.25, -0.2) is 9.78 Å². The Bertz CT molecular complexity index is 509. The van der Waals surface area contributed by atoms with E-state index in [4.69, 9.17) is 4.74 Å². The minimum absolute atomic E-state index is 0.156. The van der Waals surface area contributed by atoms with E-state index in [0.29, 0.717) is 18.0 Å². The highest BCUT2D eigenvalue weighted by Crippen LogP contribution is 2.38. The van der Waals surface area contributed by atoms with Crippen molar-refractivity contribution in [1.29, 1.82) is 0 Å². The molecule has 2 fully saturated rings. The summed E-state index contributed by atoms with van der Waals surface area (Å²) >= 11 is 0. The molecule has 0 aromatic carbocycles. The molecule has 22 heavy (non-hydrogen) atoms. The fraction of sp³-hybridized carbons (Fsp3) is 0.750. The second-order valence-electron chi connectivity index (χ2n) is 7.38. The van der Waals surface area contributed by atoms with Gasteiger partial charge < -0.3 is 19.5 Å². The van der Waals surface area contributed by atoms with Gasteiger partial charge >= 0.3 is 6.09 Å². The average Bonchev–Trinajstić information content (AvgIpc) is 3.12. The highest BCUT2D eigenvalue weighted by molar-refractivity contribution is 5.69. The quantitative estimate of drug-likeness (QED) is 0.922. The molecule has 2 bridgehead atoms. The zero-order valence-corrected chi connectivity index (χ0v) is 13.7. The van der Waals surface area contributed by atoms with Gasteiger partial charge in [0.05, 0.1) is 6.33 Å². The minimum Gasteiger partial charge on any atom is -0.444 e. The van der Waals surface area contributed by atoms with Crippen molar-refractivity contribution in [3.05, 3.63) is 18.7 Å². The van der Waals surface area contributed by atoms with Crippen molar-refractivity contribution in [1.82, 2.24) is 19.8 Å². The lowest BCUT2D eigenvalue weighted by atomic mass is 10.0. The second-order valence-corrected chi connectivity index (χ2v) is 7.38. The summed E-state index contributed by atoms with van der Waals surface area (Å²) in [5.41, 5.74) is -0.415. The van der Waals surface area contributed by atoms with Crippen molar-refractivity contribution in [3.8, 4) is 0 Å². The monoisotopic (exact) mass is 306 g/mol. The van der Waals surface area contributed by atoms with E-state index in [0.717, 1.165) is 32.5 Å². The van der Waals surface area contributed by atoms with E-state index in [2.05, 4.69) is 14.9 Å². The molecule has 2 aliphatic rings. The van der Waals surface area contributed by atoms with Gasteiger partial charge in [-0.2, -0.15) is 0 Å². The first kappa shape index (κ1) is 15.3. The number of rotatable bonds is 4. The minimum atomic E-state index is -0.415. The molecule has 1 amide bonds. The normalized spacial score (nSPS) is 27.4. The summed E-state index contributed by atoms with van der Waals surface area (Å²) in [6.45, 7) is 8.45. The number of nitrogens with zero attached hydrogens (tertiary/aromatic N) is 3. The van der Waals surface area contributed by atoms with Crippen molar-refractivity contribution < 1.29 is 9.53 Å². The van der Waals surface area contributed by atoms with Crippen LogP contribution in [0.2, 0.25) is 0 Å². The number of hydrogen-bond donors (Lipinski definition) is 1. The molecule has 0 radical (unpaired) electrons. The standard InChI is InChI=1S/C16H26N4O2/c1-16(2,3)22-15(21)20-10-12-8-13(20)9-14(12)18-5-7-19-6-4-17-11-19/h4,6,11-14,18H,5,7-10H2,1-3H3. The van der Waals surface area contributed by atoms with Gasteiger partial charge in [0, 0.05) is 44.1 Å². The Labute approximate surface area is 131 Å². The van der Waals surface area contributed by atoms with E-state index in [1.807, 2.05) is 38.2 Å². The van der Waals surface area contributed by atoms with Gasteiger partial charge in [-0.1, -0.05) is 0 Å². The third kappa shape index (κ3) is 3.43. The molecule has 122 valence electrons. The topological polar surface area (TPSA) is 59.4 Å². The summed E-state index contributed by atoms with van der Waals surface area (Å²) in [5.74, 6) is 0.556. The van der Waals surface area contributed by atoms with Crippen LogP contribution in [0.25, 0.3) is 0 Å². The molecule has 1 saturated carbocycles. The van der Waals surface area contributed by atoms with E-state index in [1.54, 1.807) is 6.20 Å². The van der Waals surface area contributed by atoms with Gasteiger partial charge in [-0.15, -0.1) is 0 Å². The largest absolute Gasteiger partial charge is 0.444 e. The van der Waals surface area contributed by atoms with Crippen molar-refractivity contribution in [2.75, 3.05) is 13.1 Å². The summed E-state index contributed by atoms with van der Waals surface area (Å²) in [6.07, 6.45) is 7.60. The number of hydrogen-bond acceptors (Lipinski definition) is 4. The fourth-order valence-electron chi connectivity index (χ4n) is 3.55. The fourth-order valence-corrected chi connectivity index (χ4v) is 3.55. The molecule has 6 heteroatoms. The van der Waals surface area contributed by atoms with Crippen molar-refractivity contribution in [2.45, 2.75) is 57.8 Å². The van der Waals surface area contributed by atoms with Crippen LogP contribution < -0.4 is 5.32 Å². The van der Waals surface area contributed by atoms with Crippen molar-refractivity contribution in [3.63, 3.8) is 0 Å². The Morgan fingerprint density at radius 3 is 2.82 bits per heavy atom. The van der Waals surface area contributed by atoms with Crippen LogP contribution >= 0.6 is 0 Å². The van der Waals surface area contributed by atoms with Crippen LogP contribution in [0.15, 0.2) is 18.7 Å². The number of aromatic nitrogens is 2. The van der Waals surface area contributed by atoms with E-state index in [1.165, 1.54) is 0 Å². The van der Waals surface area contributed by atoms with E-state index in [9.17, 15) is 4.79 Å². The highest BCUT2D eigenvalue weighted by Gasteiger charge is 2.47. The zero-order valence-electron chi connectivity index (χ0n) is 13.7. The van der Waals surface area contributed by atoms with Crippen molar-refractivity contribution in [2.24, 2.45) is 5.92 Å². The summed E-state index contributed by atoms with van der Waals surface area (Å²) in [5, 5.41) is 3.63. The third-order valence-corrected chi connectivity index (χ3v) is 4.51. The van der Waals surface area contributed by atoms with Crippen molar-refractivity contribution >= 4 is 6.09 Å². The lowest BCUT2D eigenvalue weighted by molar-refractivity contribution is 0.0175. The Morgan fingerprint density at radius 1 is 1.41 bits per heavy atom. The molecule has 1 saturated heterocycles. The third-order valence-electron chi connectivity index (χ3n) is 4.51. The summed E-state index contributed by atoms with van der Waals surface area (Å²) < 4.78 is 7.57. The Kier molecular flexibility index (Phi) is 4.12. The number of piperidine rings is 1. The van der Waals surface area contributed by atoms with Crippen LogP contribution in [-0.4, -0.2) is 51.3 Å². The molecule has 3 unspecified atom stereocenters. The molecule has 1 aliphatic carbocycles. The van der Waals surface area contributed by atoms with Crippen LogP contribution in [0.1, 0.15) is 33.6 Å². The average molecular weight is 306 g/mol. The summed E-state index contributed by atoms with van der Waals surface area (Å²) in [7, 11) is 0. The van der Waals surface area contributed by atoms with Gasteiger partial charge in [-0.05, 0) is 39.5 Å². The van der Waals surface area contributed by atoms with E-state index < -0.39 is 5.60 Å². The molecule has 1 aliphatic heterocycles. The highest BCUT2D eigenvalue weighted by atomic mass is 16.6. The van der Waals surface area contributed by atoms with Gasteiger partial charge in [0.25, 0.3) is 0 Å². The molecular formula is C16H26N4O2. The maximum atomic E-state index is 12.2. The lowest BCUT2D eigenvalue weighted by Crippen LogP contribution is -2.48. The summed E-state index contributed by atoms with van der Waals surface area (Å²) in [6, 6.07) is 0.859. The number of carbonyl (C=O) groups is 1. The van der Waals surface area contributed by atoms with Gasteiger partial charge in [-0.3, -0.25) is 0 Å². The van der Waals surface area contributed by atoms with Crippen LogP contribution in [0, 0.1) is 5.92 Å². The molecule has 2 heterocycles. The summed E-state index contributed by atoms with van der Waals surface area (Å²) in [4.78, 5) is 18.2. The van der Waals surface area contributed by atoms with Gasteiger partial charge in [0.1, 0.15) is 5.60 Å². The number of carbonyl (C=O) groups excluding carboxylic acids is 1. The first-order valence-corrected chi connectivity index (χ1v) is 8.11. The second kappa shape index (κ2) is 5.91. The van der Waals surface area contributed by atoms with Crippen LogP contribution in [0.4, 0.5) is 4.79 Å². The lowest BCUT2D eigenvalue weighted by Gasteiger charge is -2.33. The SMILES string of the molecule is CC(C)(C)OC(=O)N1CC2CC1CC2NCCn1ccnc1. The number of likely N-dealkylation sites (tertiary alicyclic amines) is 1. The molecule has 3 rings (SSSR count). The number of fused-ring (bicyclic) bond motifs is 2. The Hall–Kier alpha value is -1.56. The Balaban J connectivity index is 1.44. The predicted molar refractivity (Wildman–Crippen MR) is 83.5 cm³/mol. The number of imidazole rings is 1. The first-order valence-electron chi connectivity index (χ1n) is 8.11. The predicted octanol–water partition coefficient (Wildman–Crippen LogP) is 1.87. The molecule has 6 nitrogen and oxygen atoms in total. The van der Waals surface area contributed by atoms with Crippen LogP contribution in [0.3, 0.4) is 0 Å². The molecule has 3 atom stereocenters. The number of ether oxygens (including phenoxy) is 1. The first-order chi connectivity index (χ1) is 10.4. The van der Waals surface area contributed by atoms with E-state index in [-0.39, 0.29) is 6.09 Å². The smallest absolute Gasteiger partial charge is 0.410 e. The van der Waals surface area contributed by atoms with Crippen LogP contribution in [0.5, 0.6) is 0 Å². The zero-order chi connectivity index (χ0) is 15.7. The van der Waals surface area contributed by atoms with E-state index >= 15 is 0 Å². The molecule has 1 N–H and O–H groups in total. The van der Waals surface area contributed by atoms with Gasteiger partial charge in [0.2, 0.25) is 0 Å². The molecule has 1 aromatic rings. The number of nitrogens with one attached hydrogen (secondary N) is 1. The Morgan fingerprint density at radius 2 is 2.23 bits per heavy atom. The maximum absolute atomic E-state index is 12.2. The molecular weight excluding hydrogens is 280 g/mol. The number of amides is 1. The van der Waals surface area contributed by atoms with Gasteiger partial charge in [0.15, 0.2) is 0 Å².